The van der Waals surface area contributed by atoms with E-state index in [-0.39, 0.29) is 55.1 Å². The zero-order valence-electron chi connectivity index (χ0n) is 34.2. The molecular formula is C42H71NO6Si. The Morgan fingerprint density at radius 3 is 2.24 bits per heavy atom. The number of amides is 1. The van der Waals surface area contributed by atoms with Crippen LogP contribution in [0.5, 0.6) is 5.75 Å². The highest BCUT2D eigenvalue weighted by molar-refractivity contribution is 6.74. The van der Waals surface area contributed by atoms with Crippen molar-refractivity contribution in [2.24, 2.45) is 35.5 Å². The van der Waals surface area contributed by atoms with E-state index < -0.39 is 8.32 Å². The number of rotatable bonds is 20. The molecule has 0 radical (unpaired) electrons. The van der Waals surface area contributed by atoms with Crippen LogP contribution in [-0.2, 0) is 23.4 Å². The number of carbonyl (C=O) groups is 1. The van der Waals surface area contributed by atoms with Crippen LogP contribution in [0.1, 0.15) is 94.6 Å². The van der Waals surface area contributed by atoms with Crippen molar-refractivity contribution in [2.75, 3.05) is 39.3 Å². The minimum atomic E-state index is -2.00. The zero-order chi connectivity index (χ0) is 37.8. The van der Waals surface area contributed by atoms with E-state index in [0.717, 1.165) is 24.1 Å². The molecule has 0 N–H and O–H groups in total. The number of benzene rings is 1. The smallest absolute Gasteiger partial charge is 0.266 e. The molecule has 1 aromatic rings. The van der Waals surface area contributed by atoms with Gasteiger partial charge in [0.1, 0.15) is 19.3 Å². The van der Waals surface area contributed by atoms with E-state index in [4.69, 9.17) is 23.4 Å². The highest BCUT2D eigenvalue weighted by atomic mass is 28.4. The van der Waals surface area contributed by atoms with Gasteiger partial charge in [0.2, 0.25) is 0 Å². The minimum Gasteiger partial charge on any atom is -0.482 e. The lowest BCUT2D eigenvalue weighted by atomic mass is 9.77. The second kappa shape index (κ2) is 20.1. The number of allylic oxidation sites excluding steroid dienone is 3. The van der Waals surface area contributed by atoms with Crippen molar-refractivity contribution >= 4 is 26.0 Å². The molecule has 0 spiro atoms. The molecule has 1 aromatic carbocycles. The Bertz CT molecular complexity index is 1280. The molecule has 0 aliphatic carbocycles. The monoisotopic (exact) mass is 714 g/mol. The summed E-state index contributed by atoms with van der Waals surface area (Å²) in [5.41, 5.74) is 3.05. The largest absolute Gasteiger partial charge is 0.482 e. The SMILES string of the molecule is CC/C=C\C(C)[C@H](C)[C@@H](C)[C@H](O[Si](C)(C)C(C)(C)C)[C@@H](C)C/C(C)=C\[C@H](C)[C@@H](OCOC)C(C)/C=C\c1ccc2c(c1)N(COC)C(=O)CO2. The van der Waals surface area contributed by atoms with Crippen molar-refractivity contribution in [2.45, 2.75) is 119 Å². The van der Waals surface area contributed by atoms with Crippen LogP contribution in [0.3, 0.4) is 0 Å². The molecule has 0 fully saturated rings. The zero-order valence-corrected chi connectivity index (χ0v) is 35.2. The van der Waals surface area contributed by atoms with Crippen LogP contribution >= 0.6 is 0 Å². The Labute approximate surface area is 306 Å². The second-order valence-corrected chi connectivity index (χ2v) is 21.1. The van der Waals surface area contributed by atoms with Crippen molar-refractivity contribution in [3.63, 3.8) is 0 Å². The summed E-state index contributed by atoms with van der Waals surface area (Å²) in [6, 6.07) is 5.89. The number of methoxy groups -OCH3 is 2. The minimum absolute atomic E-state index is 0.0169. The molecule has 2 rings (SSSR count). The van der Waals surface area contributed by atoms with Crippen LogP contribution in [0, 0.1) is 35.5 Å². The predicted molar refractivity (Wildman–Crippen MR) is 212 cm³/mol. The molecule has 0 saturated heterocycles. The van der Waals surface area contributed by atoms with Crippen molar-refractivity contribution in [1.29, 1.82) is 0 Å². The van der Waals surface area contributed by atoms with Crippen molar-refractivity contribution in [3.05, 3.63) is 53.6 Å². The van der Waals surface area contributed by atoms with Gasteiger partial charge < -0.3 is 23.4 Å². The summed E-state index contributed by atoms with van der Waals surface area (Å²) in [6.07, 6.45) is 13.4. The number of ether oxygens (including phenoxy) is 4. The van der Waals surface area contributed by atoms with E-state index >= 15 is 0 Å². The summed E-state index contributed by atoms with van der Waals surface area (Å²) in [5, 5.41) is 0.143. The average Bonchev–Trinajstić information content (AvgIpc) is 3.05. The summed E-state index contributed by atoms with van der Waals surface area (Å²) >= 11 is 0. The van der Waals surface area contributed by atoms with E-state index in [2.05, 4.69) is 120 Å². The van der Waals surface area contributed by atoms with Crippen LogP contribution in [0.2, 0.25) is 18.1 Å². The quantitative estimate of drug-likeness (QED) is 0.0761. The van der Waals surface area contributed by atoms with E-state index in [1.165, 1.54) is 5.57 Å². The van der Waals surface area contributed by atoms with Crippen molar-refractivity contribution in [3.8, 4) is 5.75 Å². The van der Waals surface area contributed by atoms with Gasteiger partial charge in [0.15, 0.2) is 14.9 Å². The van der Waals surface area contributed by atoms with Gasteiger partial charge in [-0.25, -0.2) is 0 Å². The highest BCUT2D eigenvalue weighted by Crippen LogP contribution is 2.42. The first-order valence-electron chi connectivity index (χ1n) is 18.7. The first-order chi connectivity index (χ1) is 23.4. The summed E-state index contributed by atoms with van der Waals surface area (Å²) < 4.78 is 29.9. The lowest BCUT2D eigenvalue weighted by molar-refractivity contribution is -0.122. The van der Waals surface area contributed by atoms with Gasteiger partial charge in [-0.1, -0.05) is 111 Å². The number of nitrogens with zero attached hydrogens (tertiary/aromatic N) is 1. The molecule has 7 nitrogen and oxygen atoms in total. The van der Waals surface area contributed by atoms with Crippen LogP contribution in [0.4, 0.5) is 5.69 Å². The Kier molecular flexibility index (Phi) is 17.7. The predicted octanol–water partition coefficient (Wildman–Crippen LogP) is 10.5. The number of fused-ring (bicyclic) bond motifs is 1. The first-order valence-corrected chi connectivity index (χ1v) is 21.7. The molecule has 0 saturated carbocycles. The molecule has 0 bridgehead atoms. The summed E-state index contributed by atoms with van der Waals surface area (Å²) in [7, 11) is 1.25. The van der Waals surface area contributed by atoms with Gasteiger partial charge in [-0.2, -0.15) is 0 Å². The molecule has 8 heteroatoms. The van der Waals surface area contributed by atoms with Gasteiger partial charge in [-0.15, -0.1) is 0 Å². The highest BCUT2D eigenvalue weighted by Gasteiger charge is 2.42. The van der Waals surface area contributed by atoms with Gasteiger partial charge in [-0.05, 0) is 79.3 Å². The van der Waals surface area contributed by atoms with Gasteiger partial charge in [-0.3, -0.25) is 9.69 Å². The first kappa shape index (κ1) is 43.9. The molecule has 1 aliphatic rings. The number of carbonyl (C=O) groups excluding carboxylic acids is 1. The molecular weight excluding hydrogens is 643 g/mol. The van der Waals surface area contributed by atoms with Crippen LogP contribution in [0.15, 0.2) is 48.1 Å². The third-order valence-electron chi connectivity index (χ3n) is 11.0. The topological polar surface area (TPSA) is 66.5 Å². The average molecular weight is 714 g/mol. The lowest BCUT2D eigenvalue weighted by Crippen LogP contribution is -2.48. The number of hydrogen-bond donors (Lipinski definition) is 0. The Hall–Kier alpha value is -2.23. The fourth-order valence-corrected chi connectivity index (χ4v) is 8.17. The Morgan fingerprint density at radius 2 is 1.64 bits per heavy atom. The van der Waals surface area contributed by atoms with Crippen LogP contribution in [-0.4, -0.2) is 60.8 Å². The summed E-state index contributed by atoms with van der Waals surface area (Å²) in [6.45, 7) is 30.6. The summed E-state index contributed by atoms with van der Waals surface area (Å²) in [5.74, 6) is 2.59. The summed E-state index contributed by atoms with van der Waals surface area (Å²) in [4.78, 5) is 14.1. The number of anilines is 1. The fourth-order valence-electron chi connectivity index (χ4n) is 6.69. The van der Waals surface area contributed by atoms with Crippen LogP contribution in [0.25, 0.3) is 6.08 Å². The van der Waals surface area contributed by atoms with Gasteiger partial charge in [0.25, 0.3) is 5.91 Å². The van der Waals surface area contributed by atoms with Gasteiger partial charge in [0, 0.05) is 26.1 Å². The molecule has 0 aromatic heterocycles. The maximum Gasteiger partial charge on any atom is 0.266 e. The van der Waals surface area contributed by atoms with Crippen molar-refractivity contribution in [1.82, 2.24) is 0 Å². The fraction of sp³-hybridized carbons (Fsp3) is 0.690. The van der Waals surface area contributed by atoms with E-state index in [9.17, 15) is 4.79 Å². The van der Waals surface area contributed by atoms with Crippen LogP contribution < -0.4 is 9.64 Å². The third-order valence-corrected chi connectivity index (χ3v) is 15.5. The molecule has 2 unspecified atom stereocenters. The van der Waals surface area contributed by atoms with E-state index in [1.807, 2.05) is 18.2 Å². The molecule has 8 atom stereocenters. The maximum absolute atomic E-state index is 12.5. The molecule has 1 aliphatic heterocycles. The van der Waals surface area contributed by atoms with Crippen molar-refractivity contribution < 1.29 is 28.2 Å². The second-order valence-electron chi connectivity index (χ2n) is 16.3. The van der Waals surface area contributed by atoms with E-state index in [1.54, 1.807) is 19.1 Å². The third kappa shape index (κ3) is 12.5. The lowest BCUT2D eigenvalue weighted by Gasteiger charge is -2.44. The van der Waals surface area contributed by atoms with E-state index in [0.29, 0.717) is 29.4 Å². The standard InChI is InChI=1S/C42H71NO6Si/c1-16-17-18-30(3)34(7)35(8)41(49-50(14,15)42(9,10)11)33(6)24-29(2)23-32(5)40(48-28-46-13)31(4)19-20-36-21-22-38-37(25-36)43(27-45-12)39(44)26-47-38/h17-23,25,30-35,40-41H,16,24,26-28H2,1-15H3/b18-17-,20-19-,29-23-/t30?,31?,32-,33-,34-,35+,40-,41+/m0/s1. The Morgan fingerprint density at radius 1 is 0.960 bits per heavy atom. The molecule has 50 heavy (non-hydrogen) atoms. The molecule has 1 heterocycles. The molecule has 1 amide bonds. The van der Waals surface area contributed by atoms with Gasteiger partial charge >= 0.3 is 0 Å². The molecule has 284 valence electrons. The van der Waals surface area contributed by atoms with Gasteiger partial charge in [0.05, 0.1) is 17.9 Å². The Balaban J connectivity index is 2.30. The number of hydrogen-bond acceptors (Lipinski definition) is 6. The normalized spacial score (nSPS) is 19.5. The maximum atomic E-state index is 12.5.